The highest BCUT2D eigenvalue weighted by atomic mass is 32.1. The number of nitrogens with zero attached hydrogens (tertiary/aromatic N) is 3. The van der Waals surface area contributed by atoms with Crippen LogP contribution in [-0.4, -0.2) is 40.1 Å². The van der Waals surface area contributed by atoms with Crippen molar-refractivity contribution in [2.24, 2.45) is 0 Å². The maximum Gasteiger partial charge on any atom is 0.342 e. The number of amides is 1. The second-order valence-corrected chi connectivity index (χ2v) is 7.14. The first-order valence-electron chi connectivity index (χ1n) is 8.86. The fourth-order valence-electron chi connectivity index (χ4n) is 2.67. The summed E-state index contributed by atoms with van der Waals surface area (Å²) in [5.41, 5.74) is 0.324. The van der Waals surface area contributed by atoms with Gasteiger partial charge in [0, 0.05) is 6.54 Å². The second kappa shape index (κ2) is 8.83. The second-order valence-electron chi connectivity index (χ2n) is 6.20. The summed E-state index contributed by atoms with van der Waals surface area (Å²) in [4.78, 5) is 27.1. The quantitative estimate of drug-likeness (QED) is 0.530. The summed E-state index contributed by atoms with van der Waals surface area (Å²) in [6.07, 6.45) is 0.742. The number of aryl methyl sites for hydroxylation is 2. The van der Waals surface area contributed by atoms with E-state index in [9.17, 15) is 9.59 Å². The Kier molecular flexibility index (Phi) is 6.25. The predicted octanol–water partition coefficient (Wildman–Crippen LogP) is 3.60. The molecule has 1 amide bonds. The average Bonchev–Trinajstić information content (AvgIpc) is 3.40. The van der Waals surface area contributed by atoms with E-state index in [1.54, 1.807) is 19.9 Å². The number of furan rings is 1. The molecule has 0 unspecified atom stereocenters. The standard InChI is InChI=1S/C19H21N3O5S/c1-4-7-22(10-16-20-21-18(27-16)15-6-5-8-28-15)17(23)11-25-19(24)14-9-12(2)26-13(14)3/h5-6,8-9H,4,7,10-11H2,1-3H3. The molecule has 0 atom stereocenters. The van der Waals surface area contributed by atoms with Crippen LogP contribution < -0.4 is 0 Å². The number of ether oxygens (including phenoxy) is 1. The number of aromatic nitrogens is 2. The van der Waals surface area contributed by atoms with Gasteiger partial charge in [-0.1, -0.05) is 13.0 Å². The van der Waals surface area contributed by atoms with Crippen molar-refractivity contribution < 1.29 is 23.2 Å². The molecule has 3 aromatic rings. The molecule has 9 heteroatoms. The molecule has 0 aliphatic heterocycles. The van der Waals surface area contributed by atoms with E-state index < -0.39 is 5.97 Å². The minimum absolute atomic E-state index is 0.159. The molecular formula is C19H21N3O5S. The molecule has 0 bridgehead atoms. The van der Waals surface area contributed by atoms with Crippen molar-refractivity contribution in [1.29, 1.82) is 0 Å². The molecule has 3 aromatic heterocycles. The van der Waals surface area contributed by atoms with Gasteiger partial charge in [0.2, 0.25) is 5.89 Å². The molecule has 0 fully saturated rings. The lowest BCUT2D eigenvalue weighted by Crippen LogP contribution is -2.35. The Morgan fingerprint density at radius 2 is 2.07 bits per heavy atom. The highest BCUT2D eigenvalue weighted by molar-refractivity contribution is 7.13. The summed E-state index contributed by atoms with van der Waals surface area (Å²) >= 11 is 1.49. The van der Waals surface area contributed by atoms with Crippen LogP contribution in [0.1, 0.15) is 41.1 Å². The molecule has 3 heterocycles. The van der Waals surface area contributed by atoms with Crippen molar-refractivity contribution in [3.8, 4) is 10.8 Å². The molecule has 0 spiro atoms. The Balaban J connectivity index is 1.60. The molecule has 28 heavy (non-hydrogen) atoms. The fraction of sp³-hybridized carbons (Fsp3) is 0.368. The van der Waals surface area contributed by atoms with Crippen molar-refractivity contribution in [2.75, 3.05) is 13.2 Å². The van der Waals surface area contributed by atoms with Gasteiger partial charge in [0.25, 0.3) is 11.8 Å². The van der Waals surface area contributed by atoms with E-state index in [0.717, 1.165) is 11.3 Å². The number of carbonyl (C=O) groups is 2. The average molecular weight is 403 g/mol. The molecule has 0 N–H and O–H groups in total. The van der Waals surface area contributed by atoms with Gasteiger partial charge in [-0.2, -0.15) is 0 Å². The normalized spacial score (nSPS) is 10.8. The Morgan fingerprint density at radius 3 is 2.71 bits per heavy atom. The molecule has 0 radical (unpaired) electrons. The van der Waals surface area contributed by atoms with Crippen LogP contribution in [0.4, 0.5) is 0 Å². The minimum Gasteiger partial charge on any atom is -0.466 e. The summed E-state index contributed by atoms with van der Waals surface area (Å²) in [5, 5.41) is 9.95. The first-order valence-corrected chi connectivity index (χ1v) is 9.74. The third-order valence-electron chi connectivity index (χ3n) is 3.96. The number of rotatable bonds is 8. The fourth-order valence-corrected chi connectivity index (χ4v) is 3.32. The molecule has 0 saturated carbocycles. The SMILES string of the molecule is CCCN(Cc1nnc(-c2cccs2)o1)C(=O)COC(=O)c1cc(C)oc1C. The molecule has 0 aliphatic rings. The van der Waals surface area contributed by atoms with Crippen molar-refractivity contribution in [3.05, 3.63) is 46.6 Å². The lowest BCUT2D eigenvalue weighted by molar-refractivity contribution is -0.135. The Hall–Kier alpha value is -2.94. The first kappa shape index (κ1) is 19.8. The van der Waals surface area contributed by atoms with Crippen LogP contribution in [0, 0.1) is 13.8 Å². The molecule has 0 aliphatic carbocycles. The van der Waals surface area contributed by atoms with Gasteiger partial charge in [-0.15, -0.1) is 21.5 Å². The van der Waals surface area contributed by atoms with Gasteiger partial charge in [-0.25, -0.2) is 4.79 Å². The molecule has 148 valence electrons. The monoisotopic (exact) mass is 403 g/mol. The number of esters is 1. The number of carbonyl (C=O) groups excluding carboxylic acids is 2. The van der Waals surface area contributed by atoms with Crippen LogP contribution in [0.25, 0.3) is 10.8 Å². The van der Waals surface area contributed by atoms with E-state index in [-0.39, 0.29) is 19.1 Å². The lowest BCUT2D eigenvalue weighted by atomic mass is 10.2. The van der Waals surface area contributed by atoms with E-state index in [4.69, 9.17) is 13.6 Å². The van der Waals surface area contributed by atoms with Gasteiger partial charge in [0.05, 0.1) is 11.4 Å². The Bertz CT molecular complexity index is 945. The van der Waals surface area contributed by atoms with Gasteiger partial charge in [-0.05, 0) is 37.8 Å². The van der Waals surface area contributed by atoms with E-state index in [2.05, 4.69) is 10.2 Å². The summed E-state index contributed by atoms with van der Waals surface area (Å²) < 4.78 is 16.1. The number of hydrogen-bond acceptors (Lipinski definition) is 8. The van der Waals surface area contributed by atoms with Crippen molar-refractivity contribution in [3.63, 3.8) is 0 Å². The third-order valence-corrected chi connectivity index (χ3v) is 4.82. The van der Waals surface area contributed by atoms with Crippen LogP contribution in [0.3, 0.4) is 0 Å². The van der Waals surface area contributed by atoms with Gasteiger partial charge in [0.1, 0.15) is 17.1 Å². The van der Waals surface area contributed by atoms with E-state index in [1.165, 1.54) is 16.2 Å². The van der Waals surface area contributed by atoms with Crippen LogP contribution >= 0.6 is 11.3 Å². The highest BCUT2D eigenvalue weighted by Crippen LogP contribution is 2.23. The third kappa shape index (κ3) is 4.66. The molecule has 0 saturated heterocycles. The zero-order valence-corrected chi connectivity index (χ0v) is 16.7. The molecule has 0 aromatic carbocycles. The van der Waals surface area contributed by atoms with E-state index in [0.29, 0.717) is 35.4 Å². The van der Waals surface area contributed by atoms with Crippen molar-refractivity contribution in [1.82, 2.24) is 15.1 Å². The minimum atomic E-state index is -0.586. The molecule has 8 nitrogen and oxygen atoms in total. The van der Waals surface area contributed by atoms with Crippen LogP contribution in [0.5, 0.6) is 0 Å². The van der Waals surface area contributed by atoms with Gasteiger partial charge in [0.15, 0.2) is 6.61 Å². The number of thiophene rings is 1. The zero-order chi connectivity index (χ0) is 20.1. The van der Waals surface area contributed by atoms with Gasteiger partial charge < -0.3 is 18.5 Å². The van der Waals surface area contributed by atoms with E-state index >= 15 is 0 Å². The van der Waals surface area contributed by atoms with E-state index in [1.807, 2.05) is 24.4 Å². The summed E-state index contributed by atoms with van der Waals surface area (Å²) in [7, 11) is 0. The summed E-state index contributed by atoms with van der Waals surface area (Å²) in [6, 6.07) is 5.38. The van der Waals surface area contributed by atoms with Crippen LogP contribution in [-0.2, 0) is 16.1 Å². The highest BCUT2D eigenvalue weighted by Gasteiger charge is 2.21. The van der Waals surface area contributed by atoms with Crippen LogP contribution in [0.2, 0.25) is 0 Å². The summed E-state index contributed by atoms with van der Waals surface area (Å²) in [6.45, 7) is 5.65. The van der Waals surface area contributed by atoms with Crippen molar-refractivity contribution >= 4 is 23.2 Å². The maximum absolute atomic E-state index is 12.5. The number of hydrogen-bond donors (Lipinski definition) is 0. The lowest BCUT2D eigenvalue weighted by Gasteiger charge is -2.20. The zero-order valence-electron chi connectivity index (χ0n) is 15.9. The summed E-state index contributed by atoms with van der Waals surface area (Å²) in [5.74, 6) is 0.915. The molecule has 3 rings (SSSR count). The van der Waals surface area contributed by atoms with Gasteiger partial charge >= 0.3 is 5.97 Å². The Morgan fingerprint density at radius 1 is 1.25 bits per heavy atom. The Labute approximate surface area is 166 Å². The topological polar surface area (TPSA) is 98.7 Å². The molecular weight excluding hydrogens is 382 g/mol. The maximum atomic E-state index is 12.5. The first-order chi connectivity index (χ1) is 13.5. The van der Waals surface area contributed by atoms with Crippen molar-refractivity contribution in [2.45, 2.75) is 33.7 Å². The van der Waals surface area contributed by atoms with Crippen LogP contribution in [0.15, 0.2) is 32.4 Å². The predicted molar refractivity (Wildman–Crippen MR) is 102 cm³/mol. The van der Waals surface area contributed by atoms with Gasteiger partial charge in [-0.3, -0.25) is 4.79 Å². The largest absolute Gasteiger partial charge is 0.466 e. The smallest absolute Gasteiger partial charge is 0.342 e.